The van der Waals surface area contributed by atoms with Crippen LogP contribution in [0.25, 0.3) is 0 Å². The summed E-state index contributed by atoms with van der Waals surface area (Å²) in [6.07, 6.45) is -0.557. The average molecular weight is 154 g/mol. The highest BCUT2D eigenvalue weighted by molar-refractivity contribution is 6.18. The van der Waals surface area contributed by atoms with E-state index in [4.69, 9.17) is 27.2 Å². The fourth-order valence-electron chi connectivity index (χ4n) is 0.347. The fraction of sp³-hybridized carbons (Fsp3) is 1.00. The van der Waals surface area contributed by atoms with Crippen molar-refractivity contribution in [1.82, 2.24) is 0 Å². The molecule has 4 heteroatoms. The van der Waals surface area contributed by atoms with Crippen molar-refractivity contribution >= 4 is 11.6 Å². The van der Waals surface area contributed by atoms with Gasteiger partial charge in [-0.25, -0.2) is 0 Å². The molecule has 3 nitrogen and oxygen atoms in total. The van der Waals surface area contributed by atoms with E-state index < -0.39 is 6.10 Å². The minimum Gasteiger partial charge on any atom is -0.389 e. The van der Waals surface area contributed by atoms with Gasteiger partial charge in [0.15, 0.2) is 0 Å². The third-order valence-corrected chi connectivity index (χ3v) is 1.11. The topological polar surface area (TPSA) is 55.5 Å². The molecule has 0 rings (SSSR count). The smallest absolute Gasteiger partial charge is 0.0908 e. The summed E-state index contributed by atoms with van der Waals surface area (Å²) in [5, 5.41) is 8.79. The Labute approximate surface area is 59.7 Å². The van der Waals surface area contributed by atoms with Gasteiger partial charge in [0, 0.05) is 6.54 Å². The van der Waals surface area contributed by atoms with Crippen molar-refractivity contribution in [1.29, 1.82) is 0 Å². The summed E-state index contributed by atoms with van der Waals surface area (Å²) in [5.41, 5.74) is 5.12. The molecule has 0 aromatic heterocycles. The van der Waals surface area contributed by atoms with Gasteiger partial charge in [-0.05, 0) is 0 Å². The van der Waals surface area contributed by atoms with Crippen molar-refractivity contribution in [2.24, 2.45) is 5.73 Å². The van der Waals surface area contributed by atoms with E-state index in [1.807, 2.05) is 0 Å². The van der Waals surface area contributed by atoms with Crippen LogP contribution in [0.3, 0.4) is 0 Å². The maximum Gasteiger partial charge on any atom is 0.0908 e. The molecule has 0 bridgehead atoms. The summed E-state index contributed by atoms with van der Waals surface area (Å²) in [5.74, 6) is 0.213. The molecule has 0 heterocycles. The van der Waals surface area contributed by atoms with Gasteiger partial charge in [0.25, 0.3) is 0 Å². The molecule has 0 aliphatic heterocycles. The summed E-state index contributed by atoms with van der Waals surface area (Å²) in [6.45, 7) is 1.24. The van der Waals surface area contributed by atoms with Crippen molar-refractivity contribution in [3.63, 3.8) is 0 Å². The molecule has 3 N–H and O–H groups in total. The molecule has 0 aliphatic carbocycles. The molecular weight excluding hydrogens is 142 g/mol. The minimum atomic E-state index is -0.557. The molecule has 0 saturated heterocycles. The normalized spacial score (nSPS) is 13.7. The Hall–Kier alpha value is 0.170. The predicted octanol–water partition coefficient (Wildman–Crippen LogP) is -0.439. The first-order chi connectivity index (χ1) is 4.31. The molecule has 0 aromatic carbocycles. The third-order valence-electron chi connectivity index (χ3n) is 0.751. The van der Waals surface area contributed by atoms with Crippen LogP contribution in [0.5, 0.6) is 0 Å². The molecule has 0 radical (unpaired) electrons. The average Bonchev–Trinajstić information content (AvgIpc) is 1.89. The number of rotatable bonds is 5. The Morgan fingerprint density at radius 2 is 2.33 bits per heavy atom. The van der Waals surface area contributed by atoms with Crippen molar-refractivity contribution in [3.05, 3.63) is 0 Å². The Morgan fingerprint density at radius 1 is 1.67 bits per heavy atom. The van der Waals surface area contributed by atoms with Gasteiger partial charge in [-0.3, -0.25) is 0 Å². The molecule has 56 valence electrons. The number of aliphatic hydroxyl groups is 1. The second-order valence-corrected chi connectivity index (χ2v) is 1.98. The zero-order valence-corrected chi connectivity index (χ0v) is 5.97. The zero-order chi connectivity index (χ0) is 7.11. The second-order valence-electron chi connectivity index (χ2n) is 1.67. The van der Waals surface area contributed by atoms with Crippen LogP contribution in [0.2, 0.25) is 0 Å². The van der Waals surface area contributed by atoms with Gasteiger partial charge in [0.05, 0.1) is 25.2 Å². The SMILES string of the molecule is NCCOCC(O)CCl. The number of ether oxygens (including phenoxy) is 1. The maximum absolute atomic E-state index is 8.79. The summed E-state index contributed by atoms with van der Waals surface area (Å²) >= 11 is 5.27. The lowest BCUT2D eigenvalue weighted by atomic mass is 10.4. The molecule has 1 unspecified atom stereocenters. The van der Waals surface area contributed by atoms with Gasteiger partial charge in [0.2, 0.25) is 0 Å². The number of alkyl halides is 1. The largest absolute Gasteiger partial charge is 0.389 e. The number of nitrogens with two attached hydrogens (primary N) is 1. The van der Waals surface area contributed by atoms with Crippen molar-refractivity contribution in [2.75, 3.05) is 25.6 Å². The Bertz CT molecular complexity index is 62.9. The number of halogens is 1. The first kappa shape index (κ1) is 9.17. The summed E-state index contributed by atoms with van der Waals surface area (Å²) < 4.78 is 4.88. The van der Waals surface area contributed by atoms with Crippen LogP contribution in [-0.2, 0) is 4.74 Å². The summed E-state index contributed by atoms with van der Waals surface area (Å²) in [4.78, 5) is 0. The molecule has 1 atom stereocenters. The van der Waals surface area contributed by atoms with E-state index in [0.29, 0.717) is 13.2 Å². The van der Waals surface area contributed by atoms with E-state index in [0.717, 1.165) is 0 Å². The van der Waals surface area contributed by atoms with E-state index in [2.05, 4.69) is 0 Å². The van der Waals surface area contributed by atoms with E-state index in [9.17, 15) is 0 Å². The second kappa shape index (κ2) is 6.29. The molecule has 9 heavy (non-hydrogen) atoms. The van der Waals surface area contributed by atoms with Crippen molar-refractivity contribution < 1.29 is 9.84 Å². The number of aliphatic hydroxyl groups excluding tert-OH is 1. The highest BCUT2D eigenvalue weighted by Crippen LogP contribution is 1.87. The lowest BCUT2D eigenvalue weighted by Crippen LogP contribution is -2.19. The highest BCUT2D eigenvalue weighted by Gasteiger charge is 1.99. The van der Waals surface area contributed by atoms with E-state index in [1.165, 1.54) is 0 Å². The van der Waals surface area contributed by atoms with E-state index in [1.54, 1.807) is 0 Å². The van der Waals surface area contributed by atoms with Crippen molar-refractivity contribution in [3.8, 4) is 0 Å². The van der Waals surface area contributed by atoms with Gasteiger partial charge < -0.3 is 15.6 Å². The minimum absolute atomic E-state index is 0.213. The number of hydrogen-bond donors (Lipinski definition) is 2. The number of hydrogen-bond acceptors (Lipinski definition) is 3. The van der Waals surface area contributed by atoms with Crippen LogP contribution >= 0.6 is 11.6 Å². The molecule has 0 spiro atoms. The maximum atomic E-state index is 8.79. The predicted molar refractivity (Wildman–Crippen MR) is 36.6 cm³/mol. The Kier molecular flexibility index (Phi) is 6.41. The van der Waals surface area contributed by atoms with Crippen LogP contribution in [0.15, 0.2) is 0 Å². The van der Waals surface area contributed by atoms with Gasteiger partial charge in [0.1, 0.15) is 0 Å². The lowest BCUT2D eigenvalue weighted by molar-refractivity contribution is 0.0517. The van der Waals surface area contributed by atoms with Crippen molar-refractivity contribution in [2.45, 2.75) is 6.10 Å². The van der Waals surface area contributed by atoms with Gasteiger partial charge in [-0.2, -0.15) is 0 Å². The van der Waals surface area contributed by atoms with Gasteiger partial charge in [-0.15, -0.1) is 11.6 Å². The lowest BCUT2D eigenvalue weighted by Gasteiger charge is -2.05. The van der Waals surface area contributed by atoms with Crippen LogP contribution in [0.1, 0.15) is 0 Å². The molecule has 0 fully saturated rings. The molecular formula is C5H12ClNO2. The van der Waals surface area contributed by atoms with Crippen LogP contribution in [0.4, 0.5) is 0 Å². The highest BCUT2D eigenvalue weighted by atomic mass is 35.5. The van der Waals surface area contributed by atoms with Crippen LogP contribution in [-0.4, -0.2) is 36.8 Å². The van der Waals surface area contributed by atoms with E-state index in [-0.39, 0.29) is 12.5 Å². The molecule has 0 aliphatic rings. The first-order valence-corrected chi connectivity index (χ1v) is 3.36. The summed E-state index contributed by atoms with van der Waals surface area (Å²) in [6, 6.07) is 0. The van der Waals surface area contributed by atoms with Crippen LogP contribution < -0.4 is 5.73 Å². The summed E-state index contributed by atoms with van der Waals surface area (Å²) in [7, 11) is 0. The Morgan fingerprint density at radius 3 is 2.78 bits per heavy atom. The van der Waals surface area contributed by atoms with E-state index >= 15 is 0 Å². The zero-order valence-electron chi connectivity index (χ0n) is 5.22. The van der Waals surface area contributed by atoms with Gasteiger partial charge in [-0.1, -0.05) is 0 Å². The third kappa shape index (κ3) is 6.05. The first-order valence-electron chi connectivity index (χ1n) is 2.83. The standard InChI is InChI=1S/C5H12ClNO2/c6-3-5(8)4-9-2-1-7/h5,8H,1-4,7H2. The molecule has 0 aromatic rings. The fourth-order valence-corrected chi connectivity index (χ4v) is 0.436. The monoisotopic (exact) mass is 153 g/mol. The quantitative estimate of drug-likeness (QED) is 0.416. The molecule has 0 amide bonds. The van der Waals surface area contributed by atoms with Gasteiger partial charge >= 0.3 is 0 Å². The van der Waals surface area contributed by atoms with Crippen LogP contribution in [0, 0.1) is 0 Å². The molecule has 0 saturated carbocycles. The Balaban J connectivity index is 2.88.